The zero-order valence-electron chi connectivity index (χ0n) is 8.63. The van der Waals surface area contributed by atoms with Crippen LogP contribution in [0, 0.1) is 0 Å². The lowest BCUT2D eigenvalue weighted by atomic mass is 10.4. The monoisotopic (exact) mass is 205 g/mol. The number of nitrogens with one attached hydrogen (secondary N) is 1. The second-order valence-corrected chi connectivity index (χ2v) is 6.25. The van der Waals surface area contributed by atoms with E-state index in [1.54, 1.807) is 14.2 Å². The zero-order valence-corrected chi connectivity index (χ0v) is 9.63. The Morgan fingerprint density at radius 2 is 2.08 bits per heavy atom. The maximum Gasteiger partial charge on any atom is 0.500 e. The lowest BCUT2D eigenvalue weighted by Crippen LogP contribution is -2.50. The van der Waals surface area contributed by atoms with Gasteiger partial charge in [-0.1, -0.05) is 0 Å². The first-order chi connectivity index (χ1) is 6.22. The third-order valence-corrected chi connectivity index (χ3v) is 5.24. The molecular weight excluding hydrogens is 186 g/mol. The van der Waals surface area contributed by atoms with E-state index in [-0.39, 0.29) is 6.10 Å². The lowest BCUT2D eigenvalue weighted by Gasteiger charge is -2.31. The Kier molecular flexibility index (Phi) is 4.34. The second kappa shape index (κ2) is 5.07. The van der Waals surface area contributed by atoms with Crippen LogP contribution in [-0.4, -0.2) is 42.2 Å². The predicted molar refractivity (Wildman–Crippen MR) is 52.6 cm³/mol. The molecule has 1 atom stereocenters. The molecule has 1 fully saturated rings. The summed E-state index contributed by atoms with van der Waals surface area (Å²) in [5, 5.41) is 3.31. The maximum atomic E-state index is 5.81. The molecule has 5 heteroatoms. The van der Waals surface area contributed by atoms with E-state index < -0.39 is 8.80 Å². The van der Waals surface area contributed by atoms with Crippen molar-refractivity contribution in [1.82, 2.24) is 5.32 Å². The molecule has 0 aliphatic carbocycles. The highest BCUT2D eigenvalue weighted by atomic mass is 28.4. The van der Waals surface area contributed by atoms with E-state index in [1.807, 2.05) is 6.92 Å². The van der Waals surface area contributed by atoms with Crippen LogP contribution in [-0.2, 0) is 13.3 Å². The van der Waals surface area contributed by atoms with Gasteiger partial charge in [0.25, 0.3) is 0 Å². The first kappa shape index (κ1) is 11.1. The molecule has 1 aliphatic rings. The molecule has 0 bridgehead atoms. The molecule has 1 saturated heterocycles. The largest absolute Gasteiger partial charge is 0.500 e. The van der Waals surface area contributed by atoms with Gasteiger partial charge in [-0.3, -0.25) is 0 Å². The van der Waals surface area contributed by atoms with E-state index in [9.17, 15) is 0 Å². The van der Waals surface area contributed by atoms with Crippen LogP contribution in [0.1, 0.15) is 13.3 Å². The first-order valence-electron chi connectivity index (χ1n) is 4.71. The molecule has 1 N–H and O–H groups in total. The number of rotatable bonds is 2. The zero-order chi connectivity index (χ0) is 9.73. The van der Waals surface area contributed by atoms with E-state index in [1.165, 1.54) is 0 Å². The molecule has 1 aliphatic heterocycles. The summed E-state index contributed by atoms with van der Waals surface area (Å²) in [7, 11) is 1.04. The van der Waals surface area contributed by atoms with Crippen LogP contribution < -0.4 is 5.32 Å². The summed E-state index contributed by atoms with van der Waals surface area (Å²) in [6, 6.07) is 0.900. The SMILES string of the molecule is CO[Si]1(OC)CCCNCC(C)O1. The first-order valence-corrected chi connectivity index (χ1v) is 6.64. The molecule has 0 aromatic rings. The van der Waals surface area contributed by atoms with Crippen molar-refractivity contribution < 1.29 is 13.3 Å². The molecule has 0 aromatic carbocycles. The minimum absolute atomic E-state index is 0.173. The molecule has 1 rings (SSSR count). The Balaban J connectivity index is 2.57. The van der Waals surface area contributed by atoms with E-state index in [2.05, 4.69) is 5.32 Å². The normalized spacial score (nSPS) is 29.3. The molecule has 1 unspecified atom stereocenters. The van der Waals surface area contributed by atoms with E-state index >= 15 is 0 Å². The van der Waals surface area contributed by atoms with Crippen LogP contribution in [0.25, 0.3) is 0 Å². The molecule has 0 aromatic heterocycles. The molecule has 4 nitrogen and oxygen atoms in total. The van der Waals surface area contributed by atoms with Crippen LogP contribution in [0.4, 0.5) is 0 Å². The average Bonchev–Trinajstić information content (AvgIpc) is 2.12. The fourth-order valence-corrected chi connectivity index (χ4v) is 3.72. The van der Waals surface area contributed by atoms with Crippen molar-refractivity contribution in [2.24, 2.45) is 0 Å². The van der Waals surface area contributed by atoms with Gasteiger partial charge < -0.3 is 18.6 Å². The fourth-order valence-electron chi connectivity index (χ4n) is 1.53. The number of hydrogen-bond acceptors (Lipinski definition) is 4. The van der Waals surface area contributed by atoms with Crippen molar-refractivity contribution in [3.05, 3.63) is 0 Å². The maximum absolute atomic E-state index is 5.81. The molecule has 1 heterocycles. The van der Waals surface area contributed by atoms with E-state index in [0.29, 0.717) is 0 Å². The average molecular weight is 205 g/mol. The van der Waals surface area contributed by atoms with E-state index in [4.69, 9.17) is 13.3 Å². The standard InChI is InChI=1S/C8H19NO3Si/c1-8-7-9-5-4-6-13(10-2,11-3)12-8/h8-9H,4-7H2,1-3H3. The van der Waals surface area contributed by atoms with Gasteiger partial charge in [0, 0.05) is 26.8 Å². The number of hydrogen-bond donors (Lipinski definition) is 1. The van der Waals surface area contributed by atoms with Gasteiger partial charge in [-0.05, 0) is 19.9 Å². The van der Waals surface area contributed by atoms with Crippen molar-refractivity contribution >= 4 is 8.80 Å². The highest BCUT2D eigenvalue weighted by molar-refractivity contribution is 6.60. The van der Waals surface area contributed by atoms with Crippen molar-refractivity contribution in [1.29, 1.82) is 0 Å². The van der Waals surface area contributed by atoms with Gasteiger partial charge in [-0.2, -0.15) is 0 Å². The second-order valence-electron chi connectivity index (χ2n) is 3.33. The molecule has 0 radical (unpaired) electrons. The van der Waals surface area contributed by atoms with E-state index in [0.717, 1.165) is 25.6 Å². The third-order valence-electron chi connectivity index (χ3n) is 2.27. The molecular formula is C8H19NO3Si. The Labute approximate surface area is 80.9 Å². The minimum Gasteiger partial charge on any atom is -0.377 e. The Bertz CT molecular complexity index is 152. The Morgan fingerprint density at radius 1 is 1.38 bits per heavy atom. The van der Waals surface area contributed by atoms with Crippen LogP contribution in [0.3, 0.4) is 0 Å². The topological polar surface area (TPSA) is 39.7 Å². The summed E-state index contributed by atoms with van der Waals surface area (Å²) in [5.41, 5.74) is 0. The molecule has 13 heavy (non-hydrogen) atoms. The van der Waals surface area contributed by atoms with Gasteiger partial charge in [-0.25, -0.2) is 0 Å². The quantitative estimate of drug-likeness (QED) is 0.671. The molecule has 0 spiro atoms. The fraction of sp³-hybridized carbons (Fsp3) is 1.00. The van der Waals surface area contributed by atoms with Crippen molar-refractivity contribution in [2.75, 3.05) is 27.3 Å². The third kappa shape index (κ3) is 3.03. The highest BCUT2D eigenvalue weighted by Crippen LogP contribution is 2.19. The molecule has 0 amide bonds. The Morgan fingerprint density at radius 3 is 2.69 bits per heavy atom. The summed E-state index contributed by atoms with van der Waals surface area (Å²) in [6.45, 7) is 3.94. The summed E-state index contributed by atoms with van der Waals surface area (Å²) in [6.07, 6.45) is 1.23. The van der Waals surface area contributed by atoms with Gasteiger partial charge in [0.15, 0.2) is 0 Å². The molecule has 78 valence electrons. The smallest absolute Gasteiger partial charge is 0.377 e. The lowest BCUT2D eigenvalue weighted by molar-refractivity contribution is 0.0579. The van der Waals surface area contributed by atoms with Gasteiger partial charge in [-0.15, -0.1) is 0 Å². The molecule has 0 saturated carbocycles. The van der Waals surface area contributed by atoms with Crippen molar-refractivity contribution in [2.45, 2.75) is 25.5 Å². The highest BCUT2D eigenvalue weighted by Gasteiger charge is 2.40. The summed E-state index contributed by atoms with van der Waals surface area (Å²) < 4.78 is 16.6. The van der Waals surface area contributed by atoms with Gasteiger partial charge in [0.1, 0.15) is 0 Å². The van der Waals surface area contributed by atoms with Crippen molar-refractivity contribution in [3.63, 3.8) is 0 Å². The van der Waals surface area contributed by atoms with Crippen LogP contribution in [0.2, 0.25) is 6.04 Å². The Hall–Kier alpha value is 0.0569. The minimum atomic E-state index is -2.32. The van der Waals surface area contributed by atoms with Crippen LogP contribution in [0.15, 0.2) is 0 Å². The van der Waals surface area contributed by atoms with Gasteiger partial charge in [0.2, 0.25) is 0 Å². The summed E-state index contributed by atoms with van der Waals surface area (Å²) >= 11 is 0. The van der Waals surface area contributed by atoms with Gasteiger partial charge in [0.05, 0.1) is 6.10 Å². The van der Waals surface area contributed by atoms with Crippen molar-refractivity contribution in [3.8, 4) is 0 Å². The van der Waals surface area contributed by atoms with Gasteiger partial charge >= 0.3 is 8.80 Å². The summed E-state index contributed by atoms with van der Waals surface area (Å²) in [5.74, 6) is 0. The van der Waals surface area contributed by atoms with Crippen LogP contribution >= 0.6 is 0 Å². The summed E-state index contributed by atoms with van der Waals surface area (Å²) in [4.78, 5) is 0. The predicted octanol–water partition coefficient (Wildman–Crippen LogP) is 0.616. The van der Waals surface area contributed by atoms with Crippen LogP contribution in [0.5, 0.6) is 0 Å².